The van der Waals surface area contributed by atoms with E-state index in [0.717, 1.165) is 42.5 Å². The fourth-order valence-electron chi connectivity index (χ4n) is 4.89. The first-order valence-electron chi connectivity index (χ1n) is 9.77. The smallest absolute Gasteiger partial charge is 0.307 e. The van der Waals surface area contributed by atoms with E-state index in [9.17, 15) is 14.4 Å². The van der Waals surface area contributed by atoms with Gasteiger partial charge in [0.1, 0.15) is 12.1 Å². The zero-order chi connectivity index (χ0) is 19.2. The van der Waals surface area contributed by atoms with Crippen molar-refractivity contribution in [2.24, 2.45) is 5.92 Å². The Hall–Kier alpha value is -2.37. The van der Waals surface area contributed by atoms with E-state index in [1.165, 1.54) is 0 Å². The topological polar surface area (TPSA) is 66.9 Å². The second-order valence-corrected chi connectivity index (χ2v) is 8.15. The van der Waals surface area contributed by atoms with Crippen LogP contribution in [0.15, 0.2) is 18.2 Å². The summed E-state index contributed by atoms with van der Waals surface area (Å²) in [6, 6.07) is 6.07. The van der Waals surface area contributed by atoms with Crippen LogP contribution < -0.4 is 4.90 Å². The van der Waals surface area contributed by atoms with E-state index in [0.29, 0.717) is 13.1 Å². The lowest BCUT2D eigenvalue weighted by Gasteiger charge is -2.37. The summed E-state index contributed by atoms with van der Waals surface area (Å²) in [5.41, 5.74) is 2.49. The van der Waals surface area contributed by atoms with Crippen molar-refractivity contribution in [3.05, 3.63) is 29.3 Å². The van der Waals surface area contributed by atoms with Crippen molar-refractivity contribution in [1.29, 1.82) is 0 Å². The molecule has 0 radical (unpaired) electrons. The van der Waals surface area contributed by atoms with Crippen LogP contribution in [0.1, 0.15) is 43.2 Å². The molecule has 2 heterocycles. The van der Waals surface area contributed by atoms with Crippen LogP contribution in [-0.2, 0) is 19.1 Å². The van der Waals surface area contributed by atoms with Crippen LogP contribution in [0, 0.1) is 19.8 Å². The average Bonchev–Trinajstić information content (AvgIpc) is 3.20. The van der Waals surface area contributed by atoms with Crippen molar-refractivity contribution < 1.29 is 19.1 Å². The van der Waals surface area contributed by atoms with Gasteiger partial charge in [0, 0.05) is 18.8 Å². The molecule has 4 rings (SSSR count). The van der Waals surface area contributed by atoms with Gasteiger partial charge in [0.15, 0.2) is 0 Å². The van der Waals surface area contributed by atoms with E-state index < -0.39 is 11.5 Å². The Labute approximate surface area is 159 Å². The summed E-state index contributed by atoms with van der Waals surface area (Å²) in [5, 5.41) is 0. The molecule has 1 atom stereocenters. The third-order valence-corrected chi connectivity index (χ3v) is 6.12. The lowest BCUT2D eigenvalue weighted by molar-refractivity contribution is -0.152. The average molecular weight is 370 g/mol. The Morgan fingerprint density at radius 3 is 2.37 bits per heavy atom. The number of piperazine rings is 1. The molecule has 2 amide bonds. The van der Waals surface area contributed by atoms with E-state index in [-0.39, 0.29) is 30.7 Å². The highest BCUT2D eigenvalue weighted by Crippen LogP contribution is 2.46. The van der Waals surface area contributed by atoms with Gasteiger partial charge in [-0.05, 0) is 62.8 Å². The number of benzene rings is 1. The van der Waals surface area contributed by atoms with Gasteiger partial charge in [-0.2, -0.15) is 0 Å². The van der Waals surface area contributed by atoms with Gasteiger partial charge in [-0.25, -0.2) is 0 Å². The lowest BCUT2D eigenvalue weighted by Crippen LogP contribution is -2.55. The molecule has 1 aromatic rings. The van der Waals surface area contributed by atoms with Crippen LogP contribution in [0.2, 0.25) is 0 Å². The molecule has 0 aromatic heterocycles. The Morgan fingerprint density at radius 1 is 1.07 bits per heavy atom. The quantitative estimate of drug-likeness (QED) is 0.750. The monoisotopic (exact) mass is 370 g/mol. The van der Waals surface area contributed by atoms with Gasteiger partial charge >= 0.3 is 5.97 Å². The standard InChI is InChI=1S/C21H26N2O4/c1-14-9-15(2)11-16(10-14)23-8-7-22(13-18(23)24)20(26)17-12-19(25)27-21(17)5-3-4-6-21/h9-11,17H,3-8,12-13H2,1-2H3. The first kappa shape index (κ1) is 18.0. The number of hydrogen-bond acceptors (Lipinski definition) is 4. The molecule has 0 N–H and O–H groups in total. The second-order valence-electron chi connectivity index (χ2n) is 8.15. The zero-order valence-corrected chi connectivity index (χ0v) is 16.0. The molecule has 6 heteroatoms. The first-order valence-corrected chi connectivity index (χ1v) is 9.77. The van der Waals surface area contributed by atoms with E-state index in [1.807, 2.05) is 26.0 Å². The Kier molecular flexibility index (Phi) is 4.44. The van der Waals surface area contributed by atoms with Crippen molar-refractivity contribution in [3.8, 4) is 0 Å². The van der Waals surface area contributed by atoms with Gasteiger partial charge < -0.3 is 14.5 Å². The first-order chi connectivity index (χ1) is 12.9. The Balaban J connectivity index is 1.48. The molecular weight excluding hydrogens is 344 g/mol. The summed E-state index contributed by atoms with van der Waals surface area (Å²) in [6.07, 6.45) is 3.62. The number of anilines is 1. The molecule has 3 aliphatic rings. The van der Waals surface area contributed by atoms with Gasteiger partial charge in [-0.3, -0.25) is 14.4 Å². The van der Waals surface area contributed by atoms with Crippen molar-refractivity contribution >= 4 is 23.5 Å². The summed E-state index contributed by atoms with van der Waals surface area (Å²) < 4.78 is 5.60. The number of aryl methyl sites for hydroxylation is 2. The number of rotatable bonds is 2. The van der Waals surface area contributed by atoms with Crippen LogP contribution in [-0.4, -0.2) is 47.9 Å². The third kappa shape index (κ3) is 3.22. The second kappa shape index (κ2) is 6.66. The normalized spacial score (nSPS) is 24.6. The lowest BCUT2D eigenvalue weighted by atomic mass is 9.84. The maximum absolute atomic E-state index is 13.1. The molecule has 1 saturated carbocycles. The molecule has 0 bridgehead atoms. The molecule has 1 aromatic carbocycles. The molecule has 144 valence electrons. The maximum Gasteiger partial charge on any atom is 0.307 e. The summed E-state index contributed by atoms with van der Waals surface area (Å²) >= 11 is 0. The summed E-state index contributed by atoms with van der Waals surface area (Å²) in [6.45, 7) is 5.05. The van der Waals surface area contributed by atoms with Crippen LogP contribution in [0.25, 0.3) is 0 Å². The third-order valence-electron chi connectivity index (χ3n) is 6.12. The zero-order valence-electron chi connectivity index (χ0n) is 16.0. The van der Waals surface area contributed by atoms with Crippen LogP contribution >= 0.6 is 0 Å². The van der Waals surface area contributed by atoms with Crippen LogP contribution in [0.4, 0.5) is 5.69 Å². The minimum Gasteiger partial charge on any atom is -0.458 e. The van der Waals surface area contributed by atoms with Crippen molar-refractivity contribution in [1.82, 2.24) is 4.90 Å². The molecule has 2 saturated heterocycles. The Bertz CT molecular complexity index is 777. The van der Waals surface area contributed by atoms with Gasteiger partial charge in [0.05, 0.1) is 12.3 Å². The van der Waals surface area contributed by atoms with E-state index in [2.05, 4.69) is 6.07 Å². The molecule has 1 spiro atoms. The van der Waals surface area contributed by atoms with E-state index in [4.69, 9.17) is 4.74 Å². The van der Waals surface area contributed by atoms with Crippen LogP contribution in [0.3, 0.4) is 0 Å². The largest absolute Gasteiger partial charge is 0.458 e. The highest BCUT2D eigenvalue weighted by molar-refractivity contribution is 5.99. The molecule has 27 heavy (non-hydrogen) atoms. The number of carbonyl (C=O) groups is 3. The number of carbonyl (C=O) groups excluding carboxylic acids is 3. The predicted octanol–water partition coefficient (Wildman–Crippen LogP) is 2.35. The van der Waals surface area contributed by atoms with Crippen molar-refractivity contribution in [2.45, 2.75) is 51.6 Å². The van der Waals surface area contributed by atoms with E-state index >= 15 is 0 Å². The minimum atomic E-state index is -0.623. The number of hydrogen-bond donors (Lipinski definition) is 0. The Morgan fingerprint density at radius 2 is 1.74 bits per heavy atom. The number of nitrogens with zero attached hydrogens (tertiary/aromatic N) is 2. The fraction of sp³-hybridized carbons (Fsp3) is 0.571. The highest BCUT2D eigenvalue weighted by Gasteiger charge is 2.55. The molecule has 6 nitrogen and oxygen atoms in total. The molecule has 1 aliphatic carbocycles. The van der Waals surface area contributed by atoms with Gasteiger partial charge in [0.25, 0.3) is 0 Å². The fourth-order valence-corrected chi connectivity index (χ4v) is 4.89. The van der Waals surface area contributed by atoms with Gasteiger partial charge in [-0.1, -0.05) is 6.07 Å². The predicted molar refractivity (Wildman–Crippen MR) is 100 cm³/mol. The summed E-state index contributed by atoms with van der Waals surface area (Å²) in [5.74, 6) is -0.898. The summed E-state index contributed by atoms with van der Waals surface area (Å²) in [7, 11) is 0. The highest BCUT2D eigenvalue weighted by atomic mass is 16.6. The SMILES string of the molecule is Cc1cc(C)cc(N2CCN(C(=O)C3CC(=O)OC34CCCC4)CC2=O)c1. The van der Waals surface area contributed by atoms with Crippen molar-refractivity contribution in [2.75, 3.05) is 24.5 Å². The van der Waals surface area contributed by atoms with E-state index in [1.54, 1.807) is 9.80 Å². The molecule has 2 aliphatic heterocycles. The van der Waals surface area contributed by atoms with Gasteiger partial charge in [0.2, 0.25) is 11.8 Å². The minimum absolute atomic E-state index is 0.0621. The van der Waals surface area contributed by atoms with Crippen LogP contribution in [0.5, 0.6) is 0 Å². The molecule has 3 fully saturated rings. The number of ether oxygens (including phenoxy) is 1. The van der Waals surface area contributed by atoms with Crippen molar-refractivity contribution in [3.63, 3.8) is 0 Å². The summed E-state index contributed by atoms with van der Waals surface area (Å²) in [4.78, 5) is 41.2. The maximum atomic E-state index is 13.1. The number of esters is 1. The van der Waals surface area contributed by atoms with Gasteiger partial charge in [-0.15, -0.1) is 0 Å². The number of amides is 2. The molecule has 1 unspecified atom stereocenters. The molecular formula is C21H26N2O4.